The molecule has 0 aliphatic rings. The molecule has 61 heavy (non-hydrogen) atoms. The lowest BCUT2D eigenvalue weighted by atomic mass is 10.2. The number of nitrogens with one attached hydrogen (secondary N) is 2. The van der Waals surface area contributed by atoms with Crippen molar-refractivity contribution in [3.8, 4) is 47.0 Å². The minimum atomic E-state index is -4.46. The van der Waals surface area contributed by atoms with Crippen molar-refractivity contribution in [1.82, 2.24) is 29.9 Å². The summed E-state index contributed by atoms with van der Waals surface area (Å²) in [6.07, 6.45) is 0. The summed E-state index contributed by atoms with van der Waals surface area (Å²) in [4.78, 5) is 25.0. The normalized spacial score (nSPS) is 12.3. The van der Waals surface area contributed by atoms with Crippen LogP contribution in [0.3, 0.4) is 0 Å². The topological polar surface area (TPSA) is 314 Å². The molecule has 316 valence electrons. The van der Waals surface area contributed by atoms with Gasteiger partial charge in [-0.2, -0.15) is 28.4 Å². The first-order valence-corrected chi connectivity index (χ1v) is 21.6. The smallest absolute Gasteiger partial charge is 0.330 e. The molecule has 2 heterocycles. The Bertz CT molecular complexity index is 2740. The fraction of sp³-hybridized carbons (Fsp3) is 0.0270. The molecule has 24 heteroatoms. The van der Waals surface area contributed by atoms with Gasteiger partial charge in [0.25, 0.3) is 10.1 Å². The Morgan fingerprint density at radius 2 is 0.672 bits per heavy atom. The molecular formula is C37H32N8O13S3. The van der Waals surface area contributed by atoms with Crippen molar-refractivity contribution < 1.29 is 59.2 Å². The summed E-state index contributed by atoms with van der Waals surface area (Å²) < 4.78 is 113. The summed E-state index contributed by atoms with van der Waals surface area (Å²) in [5, 5.41) is 6.07. The van der Waals surface area contributed by atoms with Crippen molar-refractivity contribution in [2.75, 3.05) is 10.6 Å². The monoisotopic (exact) mass is 892 g/mol. The molecule has 0 unspecified atom stereocenters. The zero-order valence-corrected chi connectivity index (χ0v) is 33.5. The largest absolute Gasteiger partial charge is 0.424 e. The van der Waals surface area contributed by atoms with Crippen LogP contribution in [0.5, 0.6) is 47.0 Å². The van der Waals surface area contributed by atoms with Crippen molar-refractivity contribution in [2.45, 2.75) is 21.6 Å². The van der Waals surface area contributed by atoms with E-state index >= 15 is 0 Å². The van der Waals surface area contributed by atoms with E-state index in [0.29, 0.717) is 17.1 Å². The number of aromatic nitrogens is 6. The molecule has 0 aliphatic heterocycles. The van der Waals surface area contributed by atoms with E-state index in [1.54, 1.807) is 36.4 Å². The molecule has 9 N–H and O–H groups in total. The van der Waals surface area contributed by atoms with Crippen LogP contribution in [-0.4, -0.2) is 70.2 Å². The standard InChI is InChI=1S/C37H32N8O13S3/c1-22-2-8-25(9-3-22)55-34-40-32(41-35(44-34)56-26-10-16-29(17-11-26)59(46,47)48)38-23-4-6-24(7-5-23)39-33-42-36(57-27-12-18-30(19-13-27)60(49,50)51)45-37(43-33)58-28-14-20-31(21-15-28)61(52,53)54/h2-21,46-51H,1H3,(H,52,53,54)(H,38,40,41,44)(H,39,42,43,45). The third-order valence-electron chi connectivity index (χ3n) is 7.84. The van der Waals surface area contributed by atoms with Crippen LogP contribution in [0.15, 0.2) is 136 Å². The number of nitrogens with zero attached hydrogens (tertiary/aromatic N) is 6. The number of rotatable bonds is 15. The van der Waals surface area contributed by atoms with Crippen LogP contribution in [0.25, 0.3) is 0 Å². The quantitative estimate of drug-likeness (QED) is 0.0433. The minimum Gasteiger partial charge on any atom is -0.424 e. The highest BCUT2D eigenvalue weighted by molar-refractivity contribution is 8.19. The van der Waals surface area contributed by atoms with E-state index < -0.39 is 31.9 Å². The van der Waals surface area contributed by atoms with Crippen molar-refractivity contribution in [3.05, 3.63) is 127 Å². The first kappa shape index (κ1) is 42.4. The van der Waals surface area contributed by atoms with E-state index in [2.05, 4.69) is 40.5 Å². The van der Waals surface area contributed by atoms with Gasteiger partial charge in [0, 0.05) is 11.4 Å². The second kappa shape index (κ2) is 17.5. The molecule has 0 radical (unpaired) electrons. The van der Waals surface area contributed by atoms with Gasteiger partial charge in [-0.05, 0) is 116 Å². The Kier molecular flexibility index (Phi) is 12.2. The summed E-state index contributed by atoms with van der Waals surface area (Å²) in [5.74, 6) is 0.849. The van der Waals surface area contributed by atoms with E-state index in [4.69, 9.17) is 18.9 Å². The Morgan fingerprint density at radius 3 is 0.951 bits per heavy atom. The van der Waals surface area contributed by atoms with Gasteiger partial charge in [-0.15, -0.1) is 9.97 Å². The van der Waals surface area contributed by atoms with Crippen LogP contribution in [-0.2, 0) is 10.1 Å². The maximum Gasteiger partial charge on any atom is 0.330 e. The molecule has 0 amide bonds. The van der Waals surface area contributed by atoms with Crippen LogP contribution in [0.4, 0.5) is 23.3 Å². The molecular weight excluding hydrogens is 861 g/mol. The van der Waals surface area contributed by atoms with Gasteiger partial charge in [-0.3, -0.25) is 4.55 Å². The van der Waals surface area contributed by atoms with Gasteiger partial charge in [0.1, 0.15) is 44.7 Å². The molecule has 7 rings (SSSR count). The van der Waals surface area contributed by atoms with Crippen molar-refractivity contribution >= 4 is 55.1 Å². The highest BCUT2D eigenvalue weighted by Crippen LogP contribution is 2.45. The van der Waals surface area contributed by atoms with Crippen molar-refractivity contribution in [2.24, 2.45) is 0 Å². The van der Waals surface area contributed by atoms with Crippen LogP contribution in [0.2, 0.25) is 0 Å². The number of hydrogen-bond acceptors (Lipinski definition) is 20. The zero-order chi connectivity index (χ0) is 43.4. The van der Waals surface area contributed by atoms with E-state index in [0.717, 1.165) is 17.7 Å². The third kappa shape index (κ3) is 11.7. The van der Waals surface area contributed by atoms with E-state index in [-0.39, 0.29) is 67.9 Å². The van der Waals surface area contributed by atoms with Crippen LogP contribution >= 0.6 is 21.7 Å². The lowest BCUT2D eigenvalue weighted by Crippen LogP contribution is -2.05. The molecule has 21 nitrogen and oxygen atoms in total. The molecule has 7 aromatic rings. The molecule has 0 atom stereocenters. The average molecular weight is 893 g/mol. The molecule has 0 bridgehead atoms. The number of ether oxygens (including phenoxy) is 4. The number of hydrogen-bond donors (Lipinski definition) is 9. The van der Waals surface area contributed by atoms with Crippen LogP contribution in [0.1, 0.15) is 5.56 Å². The van der Waals surface area contributed by atoms with Gasteiger partial charge < -0.3 is 56.9 Å². The predicted octanol–water partition coefficient (Wildman–Crippen LogP) is 9.43. The highest BCUT2D eigenvalue weighted by atomic mass is 32.3. The van der Waals surface area contributed by atoms with E-state index in [9.17, 15) is 40.3 Å². The van der Waals surface area contributed by atoms with Gasteiger partial charge in [-0.25, -0.2) is 0 Å². The summed E-state index contributed by atoms with van der Waals surface area (Å²) in [6.45, 7) is 1.92. The Hall–Kier alpha value is -6.71. The highest BCUT2D eigenvalue weighted by Gasteiger charge is 2.19. The number of benzene rings is 5. The molecule has 0 saturated carbocycles. The number of aryl methyl sites for hydroxylation is 1. The number of anilines is 4. The lowest BCUT2D eigenvalue weighted by molar-refractivity contribution is 0.373. The first-order valence-electron chi connectivity index (χ1n) is 17.1. The lowest BCUT2D eigenvalue weighted by Gasteiger charge is -2.19. The molecule has 5 aromatic carbocycles. The fourth-order valence-corrected chi connectivity index (χ4v) is 6.44. The van der Waals surface area contributed by atoms with Crippen LogP contribution in [0, 0.1) is 6.92 Å². The van der Waals surface area contributed by atoms with Crippen molar-refractivity contribution in [1.29, 1.82) is 0 Å². The van der Waals surface area contributed by atoms with Gasteiger partial charge in [0.2, 0.25) is 11.9 Å². The average Bonchev–Trinajstić information content (AvgIpc) is 3.19. The molecule has 0 aliphatic carbocycles. The molecule has 0 saturated heterocycles. The van der Waals surface area contributed by atoms with Gasteiger partial charge in [-0.1, -0.05) is 17.7 Å². The summed E-state index contributed by atoms with van der Waals surface area (Å²) in [5.41, 5.74) is 1.98. The Labute approximate surface area is 349 Å². The Morgan fingerprint density at radius 1 is 0.393 bits per heavy atom. The first-order chi connectivity index (χ1) is 28.9. The summed E-state index contributed by atoms with van der Waals surface area (Å²) in [7, 11) is -12.4. The maximum atomic E-state index is 11.5. The summed E-state index contributed by atoms with van der Waals surface area (Å²) >= 11 is 0. The predicted molar refractivity (Wildman–Crippen MR) is 221 cm³/mol. The van der Waals surface area contributed by atoms with Crippen molar-refractivity contribution in [3.63, 3.8) is 0 Å². The Balaban J connectivity index is 1.12. The molecule has 0 spiro atoms. The SMILES string of the molecule is Cc1ccc(Oc2nc(Nc3ccc(Nc4nc(Oc5ccc(S(O)(O)O)cc5)nc(Oc5ccc(S(=O)(=O)O)cc5)n4)cc3)nc(Oc3ccc(S(O)(O)O)cc3)n2)cc1. The summed E-state index contributed by atoms with van der Waals surface area (Å²) in [6, 6.07) is 28.2. The zero-order valence-electron chi connectivity index (χ0n) is 31.0. The van der Waals surface area contributed by atoms with Crippen LogP contribution < -0.4 is 29.6 Å². The molecule has 2 aromatic heterocycles. The maximum absolute atomic E-state index is 11.5. The molecule has 0 fully saturated rings. The minimum absolute atomic E-state index is 0.0248. The van der Waals surface area contributed by atoms with Gasteiger partial charge in [0.05, 0.1) is 14.7 Å². The van der Waals surface area contributed by atoms with E-state index in [1.807, 2.05) is 19.1 Å². The third-order valence-corrected chi connectivity index (χ3v) is 10.5. The van der Waals surface area contributed by atoms with Gasteiger partial charge in [0.15, 0.2) is 0 Å². The second-order valence-electron chi connectivity index (χ2n) is 12.4. The van der Waals surface area contributed by atoms with Gasteiger partial charge >= 0.3 is 24.0 Å². The fourth-order valence-electron chi connectivity index (χ4n) is 4.95. The second-order valence-corrected chi connectivity index (χ2v) is 16.9. The van der Waals surface area contributed by atoms with E-state index in [1.165, 1.54) is 60.7 Å².